The molecule has 1 fully saturated rings. The van der Waals surface area contributed by atoms with Gasteiger partial charge in [-0.2, -0.15) is 0 Å². The number of hydrogen-bond donors (Lipinski definition) is 1. The first kappa shape index (κ1) is 11.0. The minimum Gasteiger partial charge on any atom is -0.382 e. The average molecular weight is 218 g/mol. The number of benzene rings is 1. The Morgan fingerprint density at radius 1 is 1.38 bits per heavy atom. The van der Waals surface area contributed by atoms with E-state index in [1.807, 2.05) is 25.1 Å². The van der Waals surface area contributed by atoms with Gasteiger partial charge in [-0.15, -0.1) is 0 Å². The molecule has 2 rings (SSSR count). The van der Waals surface area contributed by atoms with Gasteiger partial charge in [0.1, 0.15) is 0 Å². The van der Waals surface area contributed by atoms with Crippen LogP contribution in [0.15, 0.2) is 18.2 Å². The van der Waals surface area contributed by atoms with E-state index in [1.54, 1.807) is 19.0 Å². The lowest BCUT2D eigenvalue weighted by Crippen LogP contribution is -2.21. The van der Waals surface area contributed by atoms with Gasteiger partial charge in [-0.1, -0.05) is 0 Å². The minimum absolute atomic E-state index is 0.0565. The monoisotopic (exact) mass is 218 g/mol. The quantitative estimate of drug-likeness (QED) is 0.844. The van der Waals surface area contributed by atoms with Crippen molar-refractivity contribution in [2.24, 2.45) is 0 Å². The molecule has 1 aliphatic rings. The smallest absolute Gasteiger partial charge is 0.253 e. The van der Waals surface area contributed by atoms with E-state index in [1.165, 1.54) is 12.8 Å². The number of rotatable bonds is 3. The Bertz CT molecular complexity index is 408. The molecule has 0 unspecified atom stereocenters. The second-order valence-electron chi connectivity index (χ2n) is 4.65. The van der Waals surface area contributed by atoms with Crippen molar-refractivity contribution in [1.82, 2.24) is 4.90 Å². The summed E-state index contributed by atoms with van der Waals surface area (Å²) in [6, 6.07) is 6.49. The van der Waals surface area contributed by atoms with Crippen LogP contribution in [0.3, 0.4) is 0 Å². The van der Waals surface area contributed by atoms with Crippen LogP contribution in [0, 0.1) is 6.92 Å². The summed E-state index contributed by atoms with van der Waals surface area (Å²) in [5.74, 6) is 0.0565. The van der Waals surface area contributed by atoms with Crippen LogP contribution < -0.4 is 5.32 Å². The molecule has 1 aliphatic carbocycles. The summed E-state index contributed by atoms with van der Waals surface area (Å²) in [6.07, 6.45) is 2.52. The van der Waals surface area contributed by atoms with Crippen molar-refractivity contribution in [3.63, 3.8) is 0 Å². The molecule has 0 aromatic heterocycles. The van der Waals surface area contributed by atoms with Crippen molar-refractivity contribution in [3.05, 3.63) is 29.3 Å². The second-order valence-corrected chi connectivity index (χ2v) is 4.65. The highest BCUT2D eigenvalue weighted by molar-refractivity contribution is 5.94. The first-order chi connectivity index (χ1) is 7.58. The third-order valence-electron chi connectivity index (χ3n) is 2.82. The third-order valence-corrected chi connectivity index (χ3v) is 2.82. The lowest BCUT2D eigenvalue weighted by atomic mass is 10.1. The Hall–Kier alpha value is -1.51. The van der Waals surface area contributed by atoms with Gasteiger partial charge in [-0.05, 0) is 43.5 Å². The predicted octanol–water partition coefficient (Wildman–Crippen LogP) is 2.27. The lowest BCUT2D eigenvalue weighted by molar-refractivity contribution is 0.0827. The van der Waals surface area contributed by atoms with Crippen LogP contribution in [-0.4, -0.2) is 30.9 Å². The standard InChI is InChI=1S/C13H18N2O/c1-9-8-10(13(16)15(2)3)4-7-12(9)14-11-5-6-11/h4,7-8,11,14H,5-6H2,1-3H3. The zero-order valence-electron chi connectivity index (χ0n) is 10.1. The maximum absolute atomic E-state index is 11.7. The molecule has 0 bridgehead atoms. The van der Waals surface area contributed by atoms with Gasteiger partial charge < -0.3 is 10.2 Å². The number of nitrogens with zero attached hydrogens (tertiary/aromatic N) is 1. The molecule has 0 atom stereocenters. The fourth-order valence-electron chi connectivity index (χ4n) is 1.66. The third kappa shape index (κ3) is 2.35. The van der Waals surface area contributed by atoms with Gasteiger partial charge in [0.25, 0.3) is 5.91 Å². The summed E-state index contributed by atoms with van der Waals surface area (Å²) in [5.41, 5.74) is 3.04. The van der Waals surface area contributed by atoms with Crippen LogP contribution in [0.4, 0.5) is 5.69 Å². The summed E-state index contributed by atoms with van der Waals surface area (Å²) in [6.45, 7) is 2.04. The van der Waals surface area contributed by atoms with Crippen LogP contribution in [0.2, 0.25) is 0 Å². The Labute approximate surface area is 96.5 Å². The maximum Gasteiger partial charge on any atom is 0.253 e. The lowest BCUT2D eigenvalue weighted by Gasteiger charge is -2.13. The number of carbonyl (C=O) groups is 1. The molecule has 0 radical (unpaired) electrons. The van der Waals surface area contributed by atoms with E-state index >= 15 is 0 Å². The SMILES string of the molecule is Cc1cc(C(=O)N(C)C)ccc1NC1CC1. The average Bonchev–Trinajstić information content (AvgIpc) is 3.03. The van der Waals surface area contributed by atoms with Crippen molar-refractivity contribution in [2.75, 3.05) is 19.4 Å². The van der Waals surface area contributed by atoms with E-state index in [9.17, 15) is 4.79 Å². The normalized spacial score (nSPS) is 14.7. The summed E-state index contributed by atoms with van der Waals surface area (Å²) in [7, 11) is 3.54. The summed E-state index contributed by atoms with van der Waals surface area (Å²) < 4.78 is 0. The predicted molar refractivity (Wildman–Crippen MR) is 65.8 cm³/mol. The molecule has 1 aromatic rings. The number of aryl methyl sites for hydroxylation is 1. The molecule has 1 N–H and O–H groups in total. The largest absolute Gasteiger partial charge is 0.382 e. The topological polar surface area (TPSA) is 32.3 Å². The maximum atomic E-state index is 11.7. The van der Waals surface area contributed by atoms with Gasteiger partial charge in [0.15, 0.2) is 0 Å². The highest BCUT2D eigenvalue weighted by Gasteiger charge is 2.21. The molecular weight excluding hydrogens is 200 g/mol. The van der Waals surface area contributed by atoms with Crippen molar-refractivity contribution in [1.29, 1.82) is 0 Å². The van der Waals surface area contributed by atoms with Gasteiger partial charge in [-0.3, -0.25) is 4.79 Å². The van der Waals surface area contributed by atoms with Crippen molar-refractivity contribution < 1.29 is 4.79 Å². The number of anilines is 1. The van der Waals surface area contributed by atoms with Gasteiger partial charge in [0, 0.05) is 31.4 Å². The minimum atomic E-state index is 0.0565. The van der Waals surface area contributed by atoms with Crippen LogP contribution in [-0.2, 0) is 0 Å². The molecule has 16 heavy (non-hydrogen) atoms. The van der Waals surface area contributed by atoms with Gasteiger partial charge in [-0.25, -0.2) is 0 Å². The molecule has 3 heteroatoms. The molecule has 1 saturated carbocycles. The molecule has 0 spiro atoms. The second kappa shape index (κ2) is 4.16. The van der Waals surface area contributed by atoms with Crippen molar-refractivity contribution in [2.45, 2.75) is 25.8 Å². The van der Waals surface area contributed by atoms with E-state index in [2.05, 4.69) is 5.32 Å². The summed E-state index contributed by atoms with van der Waals surface area (Å²) in [5, 5.41) is 3.45. The number of amides is 1. The first-order valence-electron chi connectivity index (χ1n) is 5.67. The molecule has 1 amide bonds. The first-order valence-corrected chi connectivity index (χ1v) is 5.67. The van der Waals surface area contributed by atoms with E-state index in [-0.39, 0.29) is 5.91 Å². The Kier molecular flexibility index (Phi) is 2.86. The van der Waals surface area contributed by atoms with Crippen molar-refractivity contribution >= 4 is 11.6 Å². The van der Waals surface area contributed by atoms with E-state index < -0.39 is 0 Å². The highest BCUT2D eigenvalue weighted by Crippen LogP contribution is 2.27. The van der Waals surface area contributed by atoms with Gasteiger partial charge >= 0.3 is 0 Å². The molecule has 0 saturated heterocycles. The number of carbonyl (C=O) groups excluding carboxylic acids is 1. The fraction of sp³-hybridized carbons (Fsp3) is 0.462. The van der Waals surface area contributed by atoms with Crippen LogP contribution >= 0.6 is 0 Å². The number of hydrogen-bond acceptors (Lipinski definition) is 2. The highest BCUT2D eigenvalue weighted by atomic mass is 16.2. The van der Waals surface area contributed by atoms with E-state index in [0.717, 1.165) is 16.8 Å². The zero-order valence-corrected chi connectivity index (χ0v) is 10.1. The molecular formula is C13H18N2O. The Balaban J connectivity index is 2.17. The van der Waals surface area contributed by atoms with Gasteiger partial charge in [0.05, 0.1) is 0 Å². The molecule has 0 aliphatic heterocycles. The number of nitrogens with one attached hydrogen (secondary N) is 1. The summed E-state index contributed by atoms with van der Waals surface area (Å²) in [4.78, 5) is 13.3. The van der Waals surface area contributed by atoms with Gasteiger partial charge in [0.2, 0.25) is 0 Å². The van der Waals surface area contributed by atoms with Crippen LogP contribution in [0.1, 0.15) is 28.8 Å². The zero-order chi connectivity index (χ0) is 11.7. The Morgan fingerprint density at radius 3 is 2.56 bits per heavy atom. The Morgan fingerprint density at radius 2 is 2.06 bits per heavy atom. The fourth-order valence-corrected chi connectivity index (χ4v) is 1.66. The molecule has 0 heterocycles. The molecule has 86 valence electrons. The van der Waals surface area contributed by atoms with Crippen LogP contribution in [0.25, 0.3) is 0 Å². The van der Waals surface area contributed by atoms with E-state index in [0.29, 0.717) is 6.04 Å². The molecule has 1 aromatic carbocycles. The van der Waals surface area contributed by atoms with E-state index in [4.69, 9.17) is 0 Å². The molecule has 3 nitrogen and oxygen atoms in total. The van der Waals surface area contributed by atoms with Crippen molar-refractivity contribution in [3.8, 4) is 0 Å². The van der Waals surface area contributed by atoms with Crippen LogP contribution in [0.5, 0.6) is 0 Å². The summed E-state index contributed by atoms with van der Waals surface area (Å²) >= 11 is 0.